The van der Waals surface area contributed by atoms with Gasteiger partial charge in [0.2, 0.25) is 0 Å². The maximum atomic E-state index is 10.2. The van der Waals surface area contributed by atoms with Crippen molar-refractivity contribution in [3.05, 3.63) is 40.5 Å². The fourth-order valence-corrected chi connectivity index (χ4v) is 2.85. The van der Waals surface area contributed by atoms with E-state index in [-0.39, 0.29) is 0 Å². The molecule has 0 aliphatic rings. The van der Waals surface area contributed by atoms with Crippen molar-refractivity contribution in [1.82, 2.24) is 0 Å². The Bertz CT molecular complexity index is 301. The topological polar surface area (TPSA) is 173 Å². The minimum atomic E-state index is -2.04. The fraction of sp³-hybridized carbons (Fsp3) is 1.00. The van der Waals surface area contributed by atoms with Crippen LogP contribution in [0.2, 0.25) is 0 Å². The molecular weight excluding hydrogens is 296 g/mol. The van der Waals surface area contributed by atoms with Gasteiger partial charge in [-0.1, -0.05) is 21.6 Å². The standard InChI is InChI=1S/C4H6N4O8S2/c9-5(10)3(6(11)12)1-17-18-2-4(7(13)14)8(15)16/h3-4H,1-2H2. The van der Waals surface area contributed by atoms with Crippen molar-refractivity contribution in [2.45, 2.75) is 12.3 Å². The fourth-order valence-electron chi connectivity index (χ4n) is 0.615. The van der Waals surface area contributed by atoms with Crippen LogP contribution in [0.1, 0.15) is 0 Å². The van der Waals surface area contributed by atoms with Crippen LogP contribution in [0.15, 0.2) is 0 Å². The number of hydrogen-bond acceptors (Lipinski definition) is 10. The first kappa shape index (κ1) is 16.3. The minimum absolute atomic E-state index is 0.535. The lowest BCUT2D eigenvalue weighted by Gasteiger charge is -2.02. The van der Waals surface area contributed by atoms with Crippen molar-refractivity contribution >= 4 is 21.6 Å². The summed E-state index contributed by atoms with van der Waals surface area (Å²) in [7, 11) is 1.21. The van der Waals surface area contributed by atoms with Crippen molar-refractivity contribution in [3.63, 3.8) is 0 Å². The minimum Gasteiger partial charge on any atom is -0.259 e. The van der Waals surface area contributed by atoms with Crippen molar-refractivity contribution < 1.29 is 19.7 Å². The maximum Gasteiger partial charge on any atom is 0.460 e. The monoisotopic (exact) mass is 302 g/mol. The molecule has 18 heavy (non-hydrogen) atoms. The summed E-state index contributed by atoms with van der Waals surface area (Å²) in [6.07, 6.45) is -4.07. The van der Waals surface area contributed by atoms with Gasteiger partial charge >= 0.3 is 12.3 Å². The molecule has 0 fully saturated rings. The molecule has 0 atom stereocenters. The van der Waals surface area contributed by atoms with E-state index in [4.69, 9.17) is 0 Å². The molecule has 0 aromatic heterocycles. The van der Waals surface area contributed by atoms with Crippen LogP contribution in [-0.2, 0) is 0 Å². The SMILES string of the molecule is O=[N+]([O-])C(CSSCC([N+](=O)[O-])[N+](=O)[O-])[N+](=O)[O-]. The largest absolute Gasteiger partial charge is 0.460 e. The Morgan fingerprint density at radius 1 is 0.667 bits per heavy atom. The molecule has 102 valence electrons. The highest BCUT2D eigenvalue weighted by atomic mass is 33.1. The zero-order valence-electron chi connectivity index (χ0n) is 8.44. The van der Waals surface area contributed by atoms with E-state index in [2.05, 4.69) is 0 Å². The summed E-state index contributed by atoms with van der Waals surface area (Å²) < 4.78 is 0. The normalized spacial score (nSPS) is 10.6. The number of nitrogens with zero attached hydrogens (tertiary/aromatic N) is 4. The Morgan fingerprint density at radius 2 is 0.889 bits per heavy atom. The first-order valence-corrected chi connectivity index (χ1v) is 6.54. The molecule has 0 unspecified atom stereocenters. The Labute approximate surface area is 106 Å². The van der Waals surface area contributed by atoms with Crippen LogP contribution < -0.4 is 0 Å². The van der Waals surface area contributed by atoms with E-state index in [1.807, 2.05) is 0 Å². The lowest BCUT2D eigenvalue weighted by atomic mass is 10.6. The first-order chi connectivity index (χ1) is 8.27. The summed E-state index contributed by atoms with van der Waals surface area (Å²) >= 11 is 0. The quantitative estimate of drug-likeness (QED) is 0.187. The smallest absolute Gasteiger partial charge is 0.259 e. The summed E-state index contributed by atoms with van der Waals surface area (Å²) in [5, 5.41) is 40.8. The summed E-state index contributed by atoms with van der Waals surface area (Å²) in [5.41, 5.74) is 0. The second-order valence-corrected chi connectivity index (χ2v) is 5.22. The molecule has 0 aliphatic heterocycles. The van der Waals surface area contributed by atoms with Crippen molar-refractivity contribution in [1.29, 1.82) is 0 Å². The van der Waals surface area contributed by atoms with Crippen LogP contribution in [-0.4, -0.2) is 43.5 Å². The molecule has 0 saturated heterocycles. The molecular formula is C4H6N4O8S2. The lowest BCUT2D eigenvalue weighted by molar-refractivity contribution is -0.736. The van der Waals surface area contributed by atoms with E-state index < -0.39 is 43.5 Å². The molecule has 14 heteroatoms. The zero-order chi connectivity index (χ0) is 14.3. The van der Waals surface area contributed by atoms with E-state index >= 15 is 0 Å². The van der Waals surface area contributed by atoms with Gasteiger partial charge in [-0.3, -0.25) is 40.5 Å². The Morgan fingerprint density at radius 3 is 1.06 bits per heavy atom. The summed E-state index contributed by atoms with van der Waals surface area (Å²) in [4.78, 5) is 36.4. The van der Waals surface area contributed by atoms with Gasteiger partial charge in [-0.05, 0) is 0 Å². The van der Waals surface area contributed by atoms with Crippen LogP contribution in [0.3, 0.4) is 0 Å². The molecule has 0 saturated carbocycles. The lowest BCUT2D eigenvalue weighted by Crippen LogP contribution is -2.32. The summed E-state index contributed by atoms with van der Waals surface area (Å²) in [6, 6.07) is 0. The van der Waals surface area contributed by atoms with E-state index in [9.17, 15) is 40.5 Å². The highest BCUT2D eigenvalue weighted by Crippen LogP contribution is 2.24. The third kappa shape index (κ3) is 5.58. The highest BCUT2D eigenvalue weighted by molar-refractivity contribution is 8.76. The molecule has 0 aromatic carbocycles. The first-order valence-electron chi connectivity index (χ1n) is 4.05. The second-order valence-electron chi connectivity index (χ2n) is 2.67. The molecule has 0 heterocycles. The molecule has 0 N–H and O–H groups in total. The van der Waals surface area contributed by atoms with E-state index in [0.29, 0.717) is 21.6 Å². The third-order valence-electron chi connectivity index (χ3n) is 1.49. The van der Waals surface area contributed by atoms with E-state index in [1.54, 1.807) is 0 Å². The molecule has 0 amide bonds. The van der Waals surface area contributed by atoms with Crippen LogP contribution >= 0.6 is 21.6 Å². The van der Waals surface area contributed by atoms with Crippen LogP contribution in [0.25, 0.3) is 0 Å². The van der Waals surface area contributed by atoms with Crippen molar-refractivity contribution in [3.8, 4) is 0 Å². The van der Waals surface area contributed by atoms with Gasteiger partial charge in [0.25, 0.3) is 0 Å². The number of hydrogen-bond donors (Lipinski definition) is 0. The van der Waals surface area contributed by atoms with Gasteiger partial charge in [-0.25, -0.2) is 0 Å². The average molecular weight is 302 g/mol. The molecule has 0 bridgehead atoms. The molecule has 12 nitrogen and oxygen atoms in total. The molecule has 0 aliphatic carbocycles. The number of nitro groups is 4. The second kappa shape index (κ2) is 7.59. The average Bonchev–Trinajstić information content (AvgIpc) is 2.20. The Kier molecular flexibility index (Phi) is 6.88. The van der Waals surface area contributed by atoms with Gasteiger partial charge in [0.15, 0.2) is 0 Å². The van der Waals surface area contributed by atoms with Gasteiger partial charge in [0.05, 0.1) is 19.7 Å². The van der Waals surface area contributed by atoms with Gasteiger partial charge < -0.3 is 0 Å². The Hall–Kier alpha value is -1.70. The third-order valence-corrected chi connectivity index (χ3v) is 3.84. The summed E-state index contributed by atoms with van der Waals surface area (Å²) in [6.45, 7) is 0. The van der Waals surface area contributed by atoms with Gasteiger partial charge in [0.1, 0.15) is 11.5 Å². The predicted molar refractivity (Wildman–Crippen MR) is 60.5 cm³/mol. The van der Waals surface area contributed by atoms with Gasteiger partial charge in [-0.15, -0.1) is 0 Å². The van der Waals surface area contributed by atoms with Crippen molar-refractivity contribution in [2.24, 2.45) is 0 Å². The molecule has 0 rings (SSSR count). The highest BCUT2D eigenvalue weighted by Gasteiger charge is 2.35. The van der Waals surface area contributed by atoms with E-state index in [1.165, 1.54) is 0 Å². The van der Waals surface area contributed by atoms with Crippen LogP contribution in [0.4, 0.5) is 0 Å². The zero-order valence-corrected chi connectivity index (χ0v) is 10.1. The maximum absolute atomic E-state index is 10.2. The molecule has 0 spiro atoms. The van der Waals surface area contributed by atoms with Gasteiger partial charge in [-0.2, -0.15) is 0 Å². The number of rotatable bonds is 9. The summed E-state index contributed by atoms with van der Waals surface area (Å²) in [5.74, 6) is -1.07. The Balaban J connectivity index is 4.12. The molecule has 0 radical (unpaired) electrons. The van der Waals surface area contributed by atoms with Crippen LogP contribution in [0.5, 0.6) is 0 Å². The van der Waals surface area contributed by atoms with Crippen LogP contribution in [0, 0.1) is 40.5 Å². The van der Waals surface area contributed by atoms with E-state index in [0.717, 1.165) is 0 Å². The predicted octanol–water partition coefficient (Wildman–Crippen LogP) is 0.127. The van der Waals surface area contributed by atoms with Crippen molar-refractivity contribution in [2.75, 3.05) is 11.5 Å². The molecule has 0 aromatic rings. The van der Waals surface area contributed by atoms with Gasteiger partial charge in [0, 0.05) is 0 Å².